The highest BCUT2D eigenvalue weighted by Gasteiger charge is 2.30. The lowest BCUT2D eigenvalue weighted by Crippen LogP contribution is -2.45. The number of halogens is 1. The number of amides is 1. The third-order valence-electron chi connectivity index (χ3n) is 6.57. The second-order valence-electron chi connectivity index (χ2n) is 8.68. The van der Waals surface area contributed by atoms with Gasteiger partial charge in [0.05, 0.1) is 30.7 Å². The first-order valence-electron chi connectivity index (χ1n) is 11.5. The van der Waals surface area contributed by atoms with Crippen molar-refractivity contribution in [2.75, 3.05) is 19.7 Å². The molecule has 0 bridgehead atoms. The fraction of sp³-hybridized carbons (Fsp3) is 0.440. The van der Waals surface area contributed by atoms with E-state index in [1.807, 2.05) is 18.4 Å². The SMILES string of the molecule is CCOC(=O)[C@@H]1CCCN(C(=O)Cn2ncc3c(C)n(Cc4ccccc4F)c(C)c3c2=O)C1. The van der Waals surface area contributed by atoms with Gasteiger partial charge in [-0.15, -0.1) is 0 Å². The summed E-state index contributed by atoms with van der Waals surface area (Å²) in [6, 6.07) is 6.55. The molecule has 1 saturated heterocycles. The van der Waals surface area contributed by atoms with E-state index < -0.39 is 0 Å². The Labute approximate surface area is 196 Å². The molecule has 4 rings (SSSR count). The van der Waals surface area contributed by atoms with Gasteiger partial charge in [-0.1, -0.05) is 18.2 Å². The molecule has 0 aliphatic carbocycles. The minimum atomic E-state index is -0.363. The monoisotopic (exact) mass is 468 g/mol. The average Bonchev–Trinajstić information content (AvgIpc) is 3.07. The smallest absolute Gasteiger partial charge is 0.310 e. The van der Waals surface area contributed by atoms with Gasteiger partial charge >= 0.3 is 5.97 Å². The molecule has 0 radical (unpaired) electrons. The number of esters is 1. The highest BCUT2D eigenvalue weighted by Crippen LogP contribution is 2.24. The number of rotatable bonds is 6. The lowest BCUT2D eigenvalue weighted by molar-refractivity contribution is -0.151. The van der Waals surface area contributed by atoms with E-state index in [2.05, 4.69) is 5.10 Å². The number of nitrogens with zero attached hydrogens (tertiary/aromatic N) is 4. The van der Waals surface area contributed by atoms with Gasteiger partial charge < -0.3 is 14.2 Å². The Morgan fingerprint density at radius 3 is 2.71 bits per heavy atom. The van der Waals surface area contributed by atoms with E-state index >= 15 is 0 Å². The van der Waals surface area contributed by atoms with Crippen LogP contribution >= 0.6 is 0 Å². The van der Waals surface area contributed by atoms with Crippen LogP contribution in [0.2, 0.25) is 0 Å². The maximum absolute atomic E-state index is 14.2. The molecular formula is C25H29FN4O4. The van der Waals surface area contributed by atoms with Crippen LogP contribution in [0, 0.1) is 25.6 Å². The fourth-order valence-electron chi connectivity index (χ4n) is 4.68. The van der Waals surface area contributed by atoms with E-state index in [9.17, 15) is 18.8 Å². The zero-order chi connectivity index (χ0) is 24.4. The van der Waals surface area contributed by atoms with Crippen molar-refractivity contribution in [3.8, 4) is 0 Å². The first-order valence-corrected chi connectivity index (χ1v) is 11.5. The Balaban J connectivity index is 1.58. The summed E-state index contributed by atoms with van der Waals surface area (Å²) >= 11 is 0. The minimum Gasteiger partial charge on any atom is -0.466 e. The molecule has 1 aliphatic rings. The zero-order valence-corrected chi connectivity index (χ0v) is 19.7. The summed E-state index contributed by atoms with van der Waals surface area (Å²) in [7, 11) is 0. The van der Waals surface area contributed by atoms with E-state index in [-0.39, 0.29) is 42.3 Å². The third-order valence-corrected chi connectivity index (χ3v) is 6.57. The van der Waals surface area contributed by atoms with E-state index in [1.165, 1.54) is 10.7 Å². The summed E-state index contributed by atoms with van der Waals surface area (Å²) in [5, 5.41) is 5.40. The number of carbonyl (C=O) groups excluding carboxylic acids is 2. The number of aromatic nitrogens is 3. The second-order valence-corrected chi connectivity index (χ2v) is 8.68. The van der Waals surface area contributed by atoms with Gasteiger partial charge in [0.15, 0.2) is 0 Å². The largest absolute Gasteiger partial charge is 0.466 e. The Bertz CT molecular complexity index is 1300. The molecule has 0 spiro atoms. The van der Waals surface area contributed by atoms with Crippen LogP contribution in [0.15, 0.2) is 35.3 Å². The molecule has 0 saturated carbocycles. The number of hydrogen-bond donors (Lipinski definition) is 0. The van der Waals surface area contributed by atoms with E-state index in [0.717, 1.165) is 5.69 Å². The molecule has 0 unspecified atom stereocenters. The lowest BCUT2D eigenvalue weighted by atomic mass is 9.98. The summed E-state index contributed by atoms with van der Waals surface area (Å²) in [4.78, 5) is 39.9. The number of benzene rings is 1. The highest BCUT2D eigenvalue weighted by atomic mass is 19.1. The van der Waals surface area contributed by atoms with E-state index in [0.29, 0.717) is 54.6 Å². The summed E-state index contributed by atoms with van der Waals surface area (Å²) in [6.07, 6.45) is 2.97. The van der Waals surface area contributed by atoms with Crippen LogP contribution in [-0.4, -0.2) is 50.8 Å². The topological polar surface area (TPSA) is 86.4 Å². The van der Waals surface area contributed by atoms with Crippen molar-refractivity contribution in [3.05, 3.63) is 63.6 Å². The number of aryl methyl sites for hydroxylation is 2. The summed E-state index contributed by atoms with van der Waals surface area (Å²) < 4.78 is 22.4. The Morgan fingerprint density at radius 1 is 1.21 bits per heavy atom. The van der Waals surface area contributed by atoms with Crippen LogP contribution in [0.3, 0.4) is 0 Å². The lowest BCUT2D eigenvalue weighted by Gasteiger charge is -2.31. The van der Waals surface area contributed by atoms with E-state index in [1.54, 1.807) is 36.2 Å². The molecular weight excluding hydrogens is 439 g/mol. The minimum absolute atomic E-state index is 0.207. The molecule has 1 fully saturated rings. The van der Waals surface area contributed by atoms with Crippen LogP contribution < -0.4 is 5.56 Å². The van der Waals surface area contributed by atoms with Gasteiger partial charge in [-0.25, -0.2) is 9.07 Å². The molecule has 8 nitrogen and oxygen atoms in total. The van der Waals surface area contributed by atoms with Crippen LogP contribution in [-0.2, 0) is 27.4 Å². The van der Waals surface area contributed by atoms with Gasteiger partial charge in [-0.3, -0.25) is 14.4 Å². The molecule has 0 N–H and O–H groups in total. The fourth-order valence-corrected chi connectivity index (χ4v) is 4.68. The summed E-state index contributed by atoms with van der Waals surface area (Å²) in [5.41, 5.74) is 1.67. The number of hydrogen-bond acceptors (Lipinski definition) is 5. The average molecular weight is 469 g/mol. The summed E-state index contributed by atoms with van der Waals surface area (Å²) in [6.45, 7) is 6.65. The number of ether oxygens (including phenoxy) is 1. The number of fused-ring (bicyclic) bond motifs is 1. The van der Waals surface area contributed by atoms with Crippen LogP contribution in [0.5, 0.6) is 0 Å². The molecule has 1 amide bonds. The molecule has 3 heterocycles. The van der Waals surface area contributed by atoms with Gasteiger partial charge in [-0.2, -0.15) is 5.10 Å². The Kier molecular flexibility index (Phi) is 6.81. The number of piperidine rings is 1. The molecule has 2 aromatic heterocycles. The molecule has 1 aromatic carbocycles. The van der Waals surface area contributed by atoms with Gasteiger partial charge in [0, 0.05) is 35.4 Å². The molecule has 180 valence electrons. The summed E-state index contributed by atoms with van der Waals surface area (Å²) in [5.74, 6) is -1.20. The highest BCUT2D eigenvalue weighted by molar-refractivity contribution is 5.87. The maximum atomic E-state index is 14.2. The van der Waals surface area contributed by atoms with Gasteiger partial charge in [0.2, 0.25) is 5.91 Å². The number of carbonyl (C=O) groups is 2. The van der Waals surface area contributed by atoms with Crippen molar-refractivity contribution in [1.29, 1.82) is 0 Å². The molecule has 34 heavy (non-hydrogen) atoms. The molecule has 3 aromatic rings. The van der Waals surface area contributed by atoms with Crippen LogP contribution in [0.1, 0.15) is 36.7 Å². The maximum Gasteiger partial charge on any atom is 0.310 e. The Hall–Kier alpha value is -3.49. The van der Waals surface area contributed by atoms with Crippen LogP contribution in [0.4, 0.5) is 4.39 Å². The van der Waals surface area contributed by atoms with Crippen molar-refractivity contribution >= 4 is 22.6 Å². The predicted molar refractivity (Wildman–Crippen MR) is 125 cm³/mol. The van der Waals surface area contributed by atoms with Crippen molar-refractivity contribution in [1.82, 2.24) is 19.2 Å². The third kappa shape index (κ3) is 4.47. The molecule has 1 aliphatic heterocycles. The second kappa shape index (κ2) is 9.79. The van der Waals surface area contributed by atoms with Gasteiger partial charge in [0.25, 0.3) is 5.56 Å². The van der Waals surface area contributed by atoms with Crippen molar-refractivity contribution in [3.63, 3.8) is 0 Å². The Morgan fingerprint density at radius 2 is 1.97 bits per heavy atom. The molecule has 1 atom stereocenters. The van der Waals surface area contributed by atoms with Crippen molar-refractivity contribution < 1.29 is 18.7 Å². The first-order chi connectivity index (χ1) is 16.3. The number of likely N-dealkylation sites (tertiary alicyclic amines) is 1. The van der Waals surface area contributed by atoms with E-state index in [4.69, 9.17) is 4.74 Å². The van der Waals surface area contributed by atoms with Crippen LogP contribution in [0.25, 0.3) is 10.8 Å². The first kappa shape index (κ1) is 23.7. The van der Waals surface area contributed by atoms with Gasteiger partial charge in [0.1, 0.15) is 12.4 Å². The molecule has 9 heteroatoms. The quantitative estimate of drug-likeness (QED) is 0.520. The normalized spacial score (nSPS) is 16.1. The standard InChI is InChI=1S/C25H29FN4O4/c1-4-34-25(33)19-9-7-11-28(13-19)22(31)15-30-24(32)23-17(3)29(16(2)20(23)12-27-30)14-18-8-5-6-10-21(18)26/h5-6,8,10,12,19H,4,7,9,11,13-15H2,1-3H3/t19-/m1/s1. The predicted octanol–water partition coefficient (Wildman–Crippen LogP) is 2.80. The van der Waals surface area contributed by atoms with Crippen molar-refractivity contribution in [2.45, 2.75) is 46.7 Å². The zero-order valence-electron chi connectivity index (χ0n) is 19.7. The van der Waals surface area contributed by atoms with Crippen molar-refractivity contribution in [2.24, 2.45) is 5.92 Å². The van der Waals surface area contributed by atoms with Gasteiger partial charge in [-0.05, 0) is 39.7 Å².